The lowest BCUT2D eigenvalue weighted by molar-refractivity contribution is -0.185. The fourth-order valence-corrected chi connectivity index (χ4v) is 4.18. The number of aliphatic hydroxyl groups excluding tert-OH is 1. The second-order valence-corrected chi connectivity index (χ2v) is 6.41. The van der Waals surface area contributed by atoms with Gasteiger partial charge in [-0.15, -0.1) is 0 Å². The zero-order valence-corrected chi connectivity index (χ0v) is 11.3. The third-order valence-corrected chi connectivity index (χ3v) is 5.42. The van der Waals surface area contributed by atoms with Crippen LogP contribution in [0.5, 0.6) is 0 Å². The van der Waals surface area contributed by atoms with Gasteiger partial charge in [0.2, 0.25) is 0 Å². The molecule has 1 spiro atoms. The molecule has 18 heavy (non-hydrogen) atoms. The predicted octanol–water partition coefficient (Wildman–Crippen LogP) is 2.72. The standard InChI is InChI=1S/C15H26O3/c16-11-12-1-3-13(4-2-12)14-5-7-15(8-6-14)17-9-10-18-15/h12-14,16H,1-11H2. The Morgan fingerprint density at radius 2 is 1.39 bits per heavy atom. The van der Waals surface area contributed by atoms with Crippen molar-refractivity contribution in [1.29, 1.82) is 0 Å². The molecule has 0 atom stereocenters. The highest BCUT2D eigenvalue weighted by Crippen LogP contribution is 2.44. The molecule has 104 valence electrons. The number of rotatable bonds is 2. The summed E-state index contributed by atoms with van der Waals surface area (Å²) in [7, 11) is 0. The molecule has 0 unspecified atom stereocenters. The second-order valence-electron chi connectivity index (χ2n) is 6.41. The highest BCUT2D eigenvalue weighted by atomic mass is 16.7. The van der Waals surface area contributed by atoms with E-state index in [1.165, 1.54) is 38.5 Å². The average Bonchev–Trinajstić information content (AvgIpc) is 2.88. The maximum Gasteiger partial charge on any atom is 0.168 e. The molecule has 0 aromatic heterocycles. The predicted molar refractivity (Wildman–Crippen MR) is 69.1 cm³/mol. The van der Waals surface area contributed by atoms with Gasteiger partial charge in [-0.05, 0) is 56.3 Å². The molecule has 0 amide bonds. The normalized spacial score (nSPS) is 37.2. The summed E-state index contributed by atoms with van der Waals surface area (Å²) in [5, 5.41) is 9.19. The molecule has 1 saturated heterocycles. The smallest absolute Gasteiger partial charge is 0.168 e. The van der Waals surface area contributed by atoms with Crippen molar-refractivity contribution in [2.45, 2.75) is 57.2 Å². The zero-order chi connectivity index (χ0) is 12.4. The molecule has 3 rings (SSSR count). The van der Waals surface area contributed by atoms with Crippen molar-refractivity contribution in [3.8, 4) is 0 Å². The van der Waals surface area contributed by atoms with Crippen molar-refractivity contribution in [2.24, 2.45) is 17.8 Å². The maximum atomic E-state index is 9.19. The Balaban J connectivity index is 1.48. The van der Waals surface area contributed by atoms with E-state index in [0.717, 1.165) is 37.9 Å². The summed E-state index contributed by atoms with van der Waals surface area (Å²) in [5.74, 6) is 2.16. The van der Waals surface area contributed by atoms with E-state index in [9.17, 15) is 5.11 Å². The molecule has 1 N–H and O–H groups in total. The van der Waals surface area contributed by atoms with Gasteiger partial charge in [-0.3, -0.25) is 0 Å². The van der Waals surface area contributed by atoms with Crippen LogP contribution in [0.2, 0.25) is 0 Å². The van der Waals surface area contributed by atoms with Crippen LogP contribution >= 0.6 is 0 Å². The molecule has 1 heterocycles. The summed E-state index contributed by atoms with van der Waals surface area (Å²) in [6.45, 7) is 1.96. The van der Waals surface area contributed by atoms with Crippen molar-refractivity contribution in [2.75, 3.05) is 19.8 Å². The first kappa shape index (κ1) is 12.9. The van der Waals surface area contributed by atoms with Gasteiger partial charge in [-0.1, -0.05) is 0 Å². The van der Waals surface area contributed by atoms with Crippen LogP contribution in [-0.2, 0) is 9.47 Å². The average molecular weight is 254 g/mol. The van der Waals surface area contributed by atoms with Gasteiger partial charge in [0.25, 0.3) is 0 Å². The molecule has 0 aromatic carbocycles. The lowest BCUT2D eigenvalue weighted by Crippen LogP contribution is -2.37. The van der Waals surface area contributed by atoms with Crippen molar-refractivity contribution >= 4 is 0 Å². The second kappa shape index (κ2) is 5.48. The van der Waals surface area contributed by atoms with Gasteiger partial charge in [0.05, 0.1) is 13.2 Å². The van der Waals surface area contributed by atoms with Crippen molar-refractivity contribution < 1.29 is 14.6 Å². The minimum absolute atomic E-state index is 0.196. The van der Waals surface area contributed by atoms with E-state index in [1.54, 1.807) is 0 Å². The van der Waals surface area contributed by atoms with Crippen LogP contribution in [0.25, 0.3) is 0 Å². The van der Waals surface area contributed by atoms with E-state index >= 15 is 0 Å². The minimum atomic E-state index is -0.196. The summed E-state index contributed by atoms with van der Waals surface area (Å²) < 4.78 is 11.6. The quantitative estimate of drug-likeness (QED) is 0.823. The van der Waals surface area contributed by atoms with Crippen molar-refractivity contribution in [3.63, 3.8) is 0 Å². The summed E-state index contributed by atoms with van der Waals surface area (Å²) in [6, 6.07) is 0. The van der Waals surface area contributed by atoms with E-state index in [1.807, 2.05) is 0 Å². The summed E-state index contributed by atoms with van der Waals surface area (Å²) in [6.07, 6.45) is 9.85. The molecule has 3 nitrogen and oxygen atoms in total. The van der Waals surface area contributed by atoms with Crippen LogP contribution in [0.15, 0.2) is 0 Å². The summed E-state index contributed by atoms with van der Waals surface area (Å²) in [4.78, 5) is 0. The summed E-state index contributed by atoms with van der Waals surface area (Å²) in [5.41, 5.74) is 0. The van der Waals surface area contributed by atoms with Crippen LogP contribution in [0.1, 0.15) is 51.4 Å². The maximum absolute atomic E-state index is 9.19. The van der Waals surface area contributed by atoms with E-state index in [4.69, 9.17) is 9.47 Å². The van der Waals surface area contributed by atoms with Gasteiger partial charge in [-0.25, -0.2) is 0 Å². The number of hydrogen-bond donors (Lipinski definition) is 1. The van der Waals surface area contributed by atoms with Gasteiger partial charge >= 0.3 is 0 Å². The van der Waals surface area contributed by atoms with Gasteiger partial charge in [0.15, 0.2) is 5.79 Å². The lowest BCUT2D eigenvalue weighted by Gasteiger charge is -2.40. The number of hydrogen-bond acceptors (Lipinski definition) is 3. The van der Waals surface area contributed by atoms with Gasteiger partial charge in [0, 0.05) is 19.4 Å². The molecule has 3 fully saturated rings. The van der Waals surface area contributed by atoms with Gasteiger partial charge in [0.1, 0.15) is 0 Å². The molecule has 1 aliphatic heterocycles. The van der Waals surface area contributed by atoms with Crippen LogP contribution < -0.4 is 0 Å². The Labute approximate surface area is 110 Å². The zero-order valence-electron chi connectivity index (χ0n) is 11.3. The first-order valence-corrected chi connectivity index (χ1v) is 7.70. The molecule has 2 aliphatic carbocycles. The highest BCUT2D eigenvalue weighted by Gasteiger charge is 2.42. The highest BCUT2D eigenvalue weighted by molar-refractivity contribution is 4.86. The first-order valence-electron chi connectivity index (χ1n) is 7.70. The Morgan fingerprint density at radius 3 is 1.94 bits per heavy atom. The van der Waals surface area contributed by atoms with Gasteiger partial charge in [-0.2, -0.15) is 0 Å². The number of aliphatic hydroxyl groups is 1. The molecule has 3 heteroatoms. The topological polar surface area (TPSA) is 38.7 Å². The molecule has 0 radical (unpaired) electrons. The van der Waals surface area contributed by atoms with Crippen LogP contribution in [0, 0.1) is 17.8 Å². The summed E-state index contributed by atoms with van der Waals surface area (Å²) >= 11 is 0. The fourth-order valence-electron chi connectivity index (χ4n) is 4.18. The van der Waals surface area contributed by atoms with Crippen molar-refractivity contribution in [3.05, 3.63) is 0 Å². The molecule has 2 saturated carbocycles. The fraction of sp³-hybridized carbons (Fsp3) is 1.00. The van der Waals surface area contributed by atoms with Crippen LogP contribution in [-0.4, -0.2) is 30.7 Å². The van der Waals surface area contributed by atoms with E-state index in [0.29, 0.717) is 12.5 Å². The Hall–Kier alpha value is -0.120. The lowest BCUT2D eigenvalue weighted by atomic mass is 9.70. The molecule has 0 bridgehead atoms. The molecular weight excluding hydrogens is 228 g/mol. The van der Waals surface area contributed by atoms with E-state index < -0.39 is 0 Å². The number of ether oxygens (including phenoxy) is 2. The molecular formula is C15H26O3. The third kappa shape index (κ3) is 2.59. The first-order chi connectivity index (χ1) is 8.81. The molecule has 0 aromatic rings. The van der Waals surface area contributed by atoms with E-state index in [2.05, 4.69) is 0 Å². The minimum Gasteiger partial charge on any atom is -0.396 e. The molecule has 3 aliphatic rings. The van der Waals surface area contributed by atoms with E-state index in [-0.39, 0.29) is 5.79 Å². The largest absolute Gasteiger partial charge is 0.396 e. The Kier molecular flexibility index (Phi) is 3.92. The Bertz CT molecular complexity index is 255. The third-order valence-electron chi connectivity index (χ3n) is 5.42. The monoisotopic (exact) mass is 254 g/mol. The van der Waals surface area contributed by atoms with Gasteiger partial charge < -0.3 is 14.6 Å². The van der Waals surface area contributed by atoms with Crippen molar-refractivity contribution in [1.82, 2.24) is 0 Å². The SMILES string of the molecule is OCC1CCC(C2CCC3(CC2)OCCO3)CC1. The Morgan fingerprint density at radius 1 is 0.833 bits per heavy atom. The van der Waals surface area contributed by atoms with Crippen LogP contribution in [0.3, 0.4) is 0 Å². The van der Waals surface area contributed by atoms with Crippen LogP contribution in [0.4, 0.5) is 0 Å².